The van der Waals surface area contributed by atoms with Gasteiger partial charge < -0.3 is 5.32 Å². The van der Waals surface area contributed by atoms with Gasteiger partial charge in [0.1, 0.15) is 0 Å². The number of carbonyl (C=O) groups excluding carboxylic acids is 1. The zero-order chi connectivity index (χ0) is 15.4. The second-order valence-corrected chi connectivity index (χ2v) is 5.18. The standard InChI is InChI=1S/C18H17N3O/c1-14-7-9-16(10-8-14)18(22)19-11-15-12-20-21(13-15)17-5-3-2-4-6-17/h2-10,12-13H,11H2,1H3,(H,19,22). The summed E-state index contributed by atoms with van der Waals surface area (Å²) in [6.07, 6.45) is 3.69. The van der Waals surface area contributed by atoms with Gasteiger partial charge in [-0.15, -0.1) is 0 Å². The average molecular weight is 291 g/mol. The number of benzene rings is 2. The number of nitrogens with zero attached hydrogens (tertiary/aromatic N) is 2. The number of rotatable bonds is 4. The Hall–Kier alpha value is -2.88. The van der Waals surface area contributed by atoms with E-state index in [-0.39, 0.29) is 5.91 Å². The molecule has 0 atom stereocenters. The highest BCUT2D eigenvalue weighted by molar-refractivity contribution is 5.94. The summed E-state index contributed by atoms with van der Waals surface area (Å²) < 4.78 is 1.80. The summed E-state index contributed by atoms with van der Waals surface area (Å²) in [7, 11) is 0. The first-order valence-electron chi connectivity index (χ1n) is 7.16. The van der Waals surface area contributed by atoms with E-state index in [1.807, 2.05) is 67.7 Å². The lowest BCUT2D eigenvalue weighted by Crippen LogP contribution is -2.22. The van der Waals surface area contributed by atoms with E-state index in [2.05, 4.69) is 10.4 Å². The van der Waals surface area contributed by atoms with Crippen LogP contribution in [0.4, 0.5) is 0 Å². The molecule has 110 valence electrons. The van der Waals surface area contributed by atoms with Crippen molar-refractivity contribution in [3.05, 3.63) is 83.7 Å². The second-order valence-electron chi connectivity index (χ2n) is 5.18. The summed E-state index contributed by atoms with van der Waals surface area (Å²) >= 11 is 0. The van der Waals surface area contributed by atoms with E-state index >= 15 is 0 Å². The van der Waals surface area contributed by atoms with Crippen molar-refractivity contribution >= 4 is 5.91 Å². The average Bonchev–Trinajstić information content (AvgIpc) is 3.03. The number of carbonyl (C=O) groups is 1. The van der Waals surface area contributed by atoms with Gasteiger partial charge in [0.05, 0.1) is 11.9 Å². The third-order valence-corrected chi connectivity index (χ3v) is 3.42. The van der Waals surface area contributed by atoms with Crippen LogP contribution in [0.25, 0.3) is 5.69 Å². The Labute approximate surface area is 129 Å². The Morgan fingerprint density at radius 2 is 1.82 bits per heavy atom. The molecule has 1 amide bonds. The van der Waals surface area contributed by atoms with E-state index in [1.165, 1.54) is 0 Å². The lowest BCUT2D eigenvalue weighted by molar-refractivity contribution is 0.0951. The molecule has 0 fully saturated rings. The first kappa shape index (κ1) is 14.1. The minimum Gasteiger partial charge on any atom is -0.348 e. The largest absolute Gasteiger partial charge is 0.348 e. The molecule has 1 N–H and O–H groups in total. The topological polar surface area (TPSA) is 46.9 Å². The van der Waals surface area contributed by atoms with Gasteiger partial charge in [-0.05, 0) is 31.2 Å². The molecule has 0 bridgehead atoms. The molecule has 4 nitrogen and oxygen atoms in total. The van der Waals surface area contributed by atoms with Crippen LogP contribution >= 0.6 is 0 Å². The first-order chi connectivity index (χ1) is 10.7. The maximum absolute atomic E-state index is 12.1. The molecular weight excluding hydrogens is 274 g/mol. The van der Waals surface area contributed by atoms with E-state index < -0.39 is 0 Å². The molecule has 0 aliphatic rings. The molecule has 0 spiro atoms. The van der Waals surface area contributed by atoms with Crippen LogP contribution in [-0.4, -0.2) is 15.7 Å². The third kappa shape index (κ3) is 3.23. The molecule has 4 heteroatoms. The molecule has 1 heterocycles. The SMILES string of the molecule is Cc1ccc(C(=O)NCc2cnn(-c3ccccc3)c2)cc1. The van der Waals surface area contributed by atoms with Crippen molar-refractivity contribution in [3.8, 4) is 5.69 Å². The van der Waals surface area contributed by atoms with Gasteiger partial charge in [-0.2, -0.15) is 5.10 Å². The van der Waals surface area contributed by atoms with E-state index in [9.17, 15) is 4.79 Å². The van der Waals surface area contributed by atoms with E-state index in [4.69, 9.17) is 0 Å². The Kier molecular flexibility index (Phi) is 4.01. The van der Waals surface area contributed by atoms with E-state index in [1.54, 1.807) is 10.9 Å². The Morgan fingerprint density at radius 1 is 1.09 bits per heavy atom. The zero-order valence-electron chi connectivity index (χ0n) is 12.4. The van der Waals surface area contributed by atoms with Gasteiger partial charge in [0, 0.05) is 23.9 Å². The fourth-order valence-electron chi connectivity index (χ4n) is 2.16. The number of hydrogen-bond acceptors (Lipinski definition) is 2. The minimum absolute atomic E-state index is 0.0764. The van der Waals surface area contributed by atoms with Crippen LogP contribution in [0.2, 0.25) is 0 Å². The molecule has 3 rings (SSSR count). The van der Waals surface area contributed by atoms with Crippen LogP contribution in [0.5, 0.6) is 0 Å². The van der Waals surface area contributed by atoms with Crippen molar-refractivity contribution in [1.82, 2.24) is 15.1 Å². The van der Waals surface area contributed by atoms with Gasteiger partial charge in [-0.3, -0.25) is 4.79 Å². The van der Waals surface area contributed by atoms with Crippen molar-refractivity contribution in [2.24, 2.45) is 0 Å². The Bertz CT molecular complexity index is 761. The van der Waals surface area contributed by atoms with Crippen molar-refractivity contribution in [2.75, 3.05) is 0 Å². The summed E-state index contributed by atoms with van der Waals surface area (Å²) in [4.78, 5) is 12.1. The molecule has 0 saturated heterocycles. The van der Waals surface area contributed by atoms with E-state index in [0.29, 0.717) is 12.1 Å². The van der Waals surface area contributed by atoms with Gasteiger partial charge in [-0.25, -0.2) is 4.68 Å². The lowest BCUT2D eigenvalue weighted by Gasteiger charge is -2.04. The minimum atomic E-state index is -0.0764. The fourth-order valence-corrected chi connectivity index (χ4v) is 2.16. The van der Waals surface area contributed by atoms with Crippen molar-refractivity contribution in [2.45, 2.75) is 13.5 Å². The molecule has 22 heavy (non-hydrogen) atoms. The van der Waals surface area contributed by atoms with Crippen LogP contribution in [0.15, 0.2) is 67.0 Å². The molecule has 0 aliphatic carbocycles. The number of nitrogens with one attached hydrogen (secondary N) is 1. The predicted octanol–water partition coefficient (Wildman–Crippen LogP) is 3.11. The van der Waals surface area contributed by atoms with Crippen LogP contribution in [-0.2, 0) is 6.54 Å². The monoisotopic (exact) mass is 291 g/mol. The van der Waals surface area contributed by atoms with E-state index in [0.717, 1.165) is 16.8 Å². The highest BCUT2D eigenvalue weighted by Gasteiger charge is 2.06. The predicted molar refractivity (Wildman–Crippen MR) is 85.9 cm³/mol. The molecular formula is C18H17N3O. The Balaban J connectivity index is 1.64. The molecule has 2 aromatic carbocycles. The third-order valence-electron chi connectivity index (χ3n) is 3.42. The summed E-state index contributed by atoms with van der Waals surface area (Å²) in [6, 6.07) is 17.4. The number of hydrogen-bond donors (Lipinski definition) is 1. The van der Waals surface area contributed by atoms with Crippen LogP contribution in [0, 0.1) is 6.92 Å². The smallest absolute Gasteiger partial charge is 0.251 e. The van der Waals surface area contributed by atoms with Crippen LogP contribution in [0.3, 0.4) is 0 Å². The maximum Gasteiger partial charge on any atom is 0.251 e. The molecule has 0 unspecified atom stereocenters. The Morgan fingerprint density at radius 3 is 2.55 bits per heavy atom. The van der Waals surface area contributed by atoms with Crippen molar-refractivity contribution < 1.29 is 4.79 Å². The molecule has 0 aliphatic heterocycles. The summed E-state index contributed by atoms with van der Waals surface area (Å²) in [6.45, 7) is 2.46. The van der Waals surface area contributed by atoms with Gasteiger partial charge in [0.25, 0.3) is 5.91 Å². The second kappa shape index (κ2) is 6.26. The molecule has 1 aromatic heterocycles. The first-order valence-corrected chi connectivity index (χ1v) is 7.16. The zero-order valence-corrected chi connectivity index (χ0v) is 12.4. The van der Waals surface area contributed by atoms with Gasteiger partial charge in [-0.1, -0.05) is 35.9 Å². The van der Waals surface area contributed by atoms with Gasteiger partial charge in [0.15, 0.2) is 0 Å². The normalized spacial score (nSPS) is 10.4. The highest BCUT2D eigenvalue weighted by atomic mass is 16.1. The highest BCUT2D eigenvalue weighted by Crippen LogP contribution is 2.08. The van der Waals surface area contributed by atoms with Gasteiger partial charge in [0.2, 0.25) is 0 Å². The number of amides is 1. The molecule has 3 aromatic rings. The summed E-state index contributed by atoms with van der Waals surface area (Å²) in [5.74, 6) is -0.0764. The van der Waals surface area contributed by atoms with Crippen molar-refractivity contribution in [3.63, 3.8) is 0 Å². The molecule has 0 saturated carbocycles. The van der Waals surface area contributed by atoms with Gasteiger partial charge >= 0.3 is 0 Å². The lowest BCUT2D eigenvalue weighted by atomic mass is 10.1. The molecule has 0 radical (unpaired) electrons. The number of aromatic nitrogens is 2. The van der Waals surface area contributed by atoms with Crippen LogP contribution < -0.4 is 5.32 Å². The van der Waals surface area contributed by atoms with Crippen LogP contribution in [0.1, 0.15) is 21.5 Å². The number of para-hydroxylation sites is 1. The van der Waals surface area contributed by atoms with Crippen molar-refractivity contribution in [1.29, 1.82) is 0 Å². The maximum atomic E-state index is 12.1. The fraction of sp³-hybridized carbons (Fsp3) is 0.111. The number of aryl methyl sites for hydroxylation is 1. The summed E-state index contributed by atoms with van der Waals surface area (Å²) in [5.41, 5.74) is 3.77. The summed E-state index contributed by atoms with van der Waals surface area (Å²) in [5, 5.41) is 7.22. The quantitative estimate of drug-likeness (QED) is 0.803.